The van der Waals surface area contributed by atoms with Gasteiger partial charge in [-0.15, -0.1) is 0 Å². The first-order valence-electron chi connectivity index (χ1n) is 8.89. The number of carbonyl (C=O) groups is 2. The second-order valence-corrected chi connectivity index (χ2v) is 8.44. The van der Waals surface area contributed by atoms with E-state index in [1.165, 1.54) is 4.90 Å². The molecule has 0 aliphatic carbocycles. The van der Waals surface area contributed by atoms with Gasteiger partial charge >= 0.3 is 0 Å². The van der Waals surface area contributed by atoms with Crippen LogP contribution in [0.25, 0.3) is 17.4 Å². The fourth-order valence-corrected chi connectivity index (χ4v) is 4.00. The number of nitrogens with zero attached hydrogens (tertiary/aromatic N) is 1. The van der Waals surface area contributed by atoms with Crippen molar-refractivity contribution in [3.05, 3.63) is 81.0 Å². The first-order chi connectivity index (χ1) is 14.1. The summed E-state index contributed by atoms with van der Waals surface area (Å²) in [5.74, 6) is 1.62. The van der Waals surface area contributed by atoms with Crippen LogP contribution < -0.4 is 4.74 Å². The van der Waals surface area contributed by atoms with E-state index in [1.54, 1.807) is 12.1 Å². The Labute approximate surface area is 185 Å². The zero-order chi connectivity index (χ0) is 20.2. The number of halogens is 1. The van der Waals surface area contributed by atoms with Crippen LogP contribution in [-0.4, -0.2) is 29.2 Å². The van der Waals surface area contributed by atoms with Crippen LogP contribution in [0.3, 0.4) is 0 Å². The molecular formula is C22H16INO4S. The standard InChI is InChI=1S/C22H16INO4S/c23-16-8-6-15(7-9-16)19-11-10-18(28-19)14-20-21(25)24(22(26)29-20)12-13-27-17-4-2-1-3-5-17/h1-11,14H,12-13H2/b20-14-. The van der Waals surface area contributed by atoms with Gasteiger partial charge in [-0.25, -0.2) is 0 Å². The maximum absolute atomic E-state index is 12.6. The number of rotatable bonds is 6. The van der Waals surface area contributed by atoms with Gasteiger partial charge in [-0.05, 0) is 70.8 Å². The summed E-state index contributed by atoms with van der Waals surface area (Å²) in [6.07, 6.45) is 1.61. The van der Waals surface area contributed by atoms with E-state index in [-0.39, 0.29) is 24.3 Å². The summed E-state index contributed by atoms with van der Waals surface area (Å²) in [7, 11) is 0. The lowest BCUT2D eigenvalue weighted by Gasteiger charge is -2.13. The average molecular weight is 517 g/mol. The van der Waals surface area contributed by atoms with Crippen LogP contribution in [0.4, 0.5) is 4.79 Å². The van der Waals surface area contributed by atoms with E-state index in [2.05, 4.69) is 22.6 Å². The molecule has 29 heavy (non-hydrogen) atoms. The summed E-state index contributed by atoms with van der Waals surface area (Å²) in [4.78, 5) is 26.4. The molecule has 146 valence electrons. The highest BCUT2D eigenvalue weighted by Crippen LogP contribution is 2.33. The number of para-hydroxylation sites is 1. The zero-order valence-corrected chi connectivity index (χ0v) is 18.2. The third-order valence-corrected chi connectivity index (χ3v) is 5.86. The summed E-state index contributed by atoms with van der Waals surface area (Å²) in [5, 5.41) is -0.303. The van der Waals surface area contributed by atoms with Gasteiger partial charge in [-0.2, -0.15) is 0 Å². The highest BCUT2D eigenvalue weighted by atomic mass is 127. The van der Waals surface area contributed by atoms with E-state index in [4.69, 9.17) is 9.15 Å². The maximum Gasteiger partial charge on any atom is 0.293 e. The van der Waals surface area contributed by atoms with Crippen LogP contribution in [0, 0.1) is 3.57 Å². The minimum Gasteiger partial charge on any atom is -0.492 e. The van der Waals surface area contributed by atoms with Crippen LogP contribution in [0.5, 0.6) is 5.75 Å². The smallest absolute Gasteiger partial charge is 0.293 e. The Bertz CT molecular complexity index is 1060. The van der Waals surface area contributed by atoms with Crippen molar-refractivity contribution < 1.29 is 18.7 Å². The predicted octanol–water partition coefficient (Wildman–Crippen LogP) is 5.67. The van der Waals surface area contributed by atoms with E-state index in [1.807, 2.05) is 60.7 Å². The van der Waals surface area contributed by atoms with Gasteiger partial charge in [-0.3, -0.25) is 14.5 Å². The topological polar surface area (TPSA) is 59.8 Å². The number of amides is 2. The second kappa shape index (κ2) is 8.87. The first-order valence-corrected chi connectivity index (χ1v) is 10.8. The van der Waals surface area contributed by atoms with Crippen LogP contribution in [0.2, 0.25) is 0 Å². The van der Waals surface area contributed by atoms with Gasteiger partial charge in [0.05, 0.1) is 11.4 Å². The van der Waals surface area contributed by atoms with Gasteiger partial charge in [0.1, 0.15) is 23.9 Å². The van der Waals surface area contributed by atoms with Crippen LogP contribution in [-0.2, 0) is 4.79 Å². The molecule has 1 saturated heterocycles. The third-order valence-electron chi connectivity index (χ3n) is 4.23. The molecule has 1 aliphatic heterocycles. The monoisotopic (exact) mass is 517 g/mol. The normalized spacial score (nSPS) is 15.3. The molecule has 0 N–H and O–H groups in total. The van der Waals surface area contributed by atoms with E-state index in [9.17, 15) is 9.59 Å². The van der Waals surface area contributed by atoms with E-state index in [0.717, 1.165) is 20.9 Å². The van der Waals surface area contributed by atoms with Crippen molar-refractivity contribution in [2.45, 2.75) is 0 Å². The summed E-state index contributed by atoms with van der Waals surface area (Å²) >= 11 is 3.16. The van der Waals surface area contributed by atoms with Gasteiger partial charge in [0.25, 0.3) is 11.1 Å². The molecular weight excluding hydrogens is 501 g/mol. The fraction of sp³-hybridized carbons (Fsp3) is 0.0909. The van der Waals surface area contributed by atoms with Crippen molar-refractivity contribution in [2.75, 3.05) is 13.2 Å². The number of thioether (sulfide) groups is 1. The lowest BCUT2D eigenvalue weighted by atomic mass is 10.2. The molecule has 7 heteroatoms. The Hall–Kier alpha value is -2.52. The molecule has 3 aromatic rings. The molecule has 2 heterocycles. The molecule has 0 bridgehead atoms. The molecule has 2 amide bonds. The second-order valence-electron chi connectivity index (χ2n) is 6.20. The van der Waals surface area contributed by atoms with E-state index in [0.29, 0.717) is 22.2 Å². The van der Waals surface area contributed by atoms with E-state index < -0.39 is 0 Å². The minimum atomic E-state index is -0.330. The quantitative estimate of drug-likeness (QED) is 0.312. The van der Waals surface area contributed by atoms with Gasteiger partial charge in [-0.1, -0.05) is 30.3 Å². The highest BCUT2D eigenvalue weighted by molar-refractivity contribution is 14.1. The number of imide groups is 1. The molecule has 2 aromatic carbocycles. The van der Waals surface area contributed by atoms with Gasteiger partial charge < -0.3 is 9.15 Å². The van der Waals surface area contributed by atoms with Crippen LogP contribution in [0.15, 0.2) is 76.1 Å². The largest absolute Gasteiger partial charge is 0.492 e. The van der Waals surface area contributed by atoms with Crippen molar-refractivity contribution in [1.29, 1.82) is 0 Å². The van der Waals surface area contributed by atoms with Gasteiger partial charge in [0, 0.05) is 15.2 Å². The molecule has 4 rings (SSSR count). The van der Waals surface area contributed by atoms with Crippen molar-refractivity contribution in [1.82, 2.24) is 4.90 Å². The summed E-state index contributed by atoms with van der Waals surface area (Å²) < 4.78 is 12.6. The minimum absolute atomic E-state index is 0.197. The number of benzene rings is 2. The Morgan fingerprint density at radius 3 is 2.52 bits per heavy atom. The Balaban J connectivity index is 1.41. The number of ether oxygens (including phenoxy) is 1. The van der Waals surface area contributed by atoms with Crippen LogP contribution in [0.1, 0.15) is 5.76 Å². The predicted molar refractivity (Wildman–Crippen MR) is 121 cm³/mol. The lowest BCUT2D eigenvalue weighted by molar-refractivity contribution is -0.123. The summed E-state index contributed by atoms with van der Waals surface area (Å²) in [6.45, 7) is 0.440. The number of furan rings is 1. The molecule has 0 atom stereocenters. The summed E-state index contributed by atoms with van der Waals surface area (Å²) in [5.41, 5.74) is 0.955. The molecule has 1 aromatic heterocycles. The molecule has 0 spiro atoms. The average Bonchev–Trinajstić information content (AvgIpc) is 3.29. The molecule has 0 saturated carbocycles. The Morgan fingerprint density at radius 1 is 1.00 bits per heavy atom. The van der Waals surface area contributed by atoms with Crippen molar-refractivity contribution in [2.24, 2.45) is 0 Å². The zero-order valence-electron chi connectivity index (χ0n) is 15.2. The third kappa shape index (κ3) is 4.73. The molecule has 1 fully saturated rings. The lowest BCUT2D eigenvalue weighted by Crippen LogP contribution is -2.32. The highest BCUT2D eigenvalue weighted by Gasteiger charge is 2.35. The fourth-order valence-electron chi connectivity index (χ4n) is 2.79. The van der Waals surface area contributed by atoms with E-state index >= 15 is 0 Å². The maximum atomic E-state index is 12.6. The molecule has 1 aliphatic rings. The summed E-state index contributed by atoms with van der Waals surface area (Å²) in [6, 6.07) is 20.9. The van der Waals surface area contributed by atoms with Crippen molar-refractivity contribution in [3.63, 3.8) is 0 Å². The van der Waals surface area contributed by atoms with Crippen molar-refractivity contribution >= 4 is 51.6 Å². The van der Waals surface area contributed by atoms with Gasteiger partial charge in [0.2, 0.25) is 0 Å². The SMILES string of the molecule is O=C1S/C(=C\c2ccc(-c3ccc(I)cc3)o2)C(=O)N1CCOc1ccccc1. The number of carbonyl (C=O) groups excluding carboxylic acids is 2. The van der Waals surface area contributed by atoms with Gasteiger partial charge in [0.15, 0.2) is 0 Å². The Morgan fingerprint density at radius 2 is 1.76 bits per heavy atom. The first kappa shape index (κ1) is 19.8. The number of hydrogen-bond donors (Lipinski definition) is 0. The molecule has 0 radical (unpaired) electrons. The molecule has 5 nitrogen and oxygen atoms in total. The molecule has 0 unspecified atom stereocenters. The van der Waals surface area contributed by atoms with Crippen LogP contribution >= 0.6 is 34.4 Å². The number of hydrogen-bond acceptors (Lipinski definition) is 5. The Kier molecular flexibility index (Phi) is 6.05. The van der Waals surface area contributed by atoms with Crippen molar-refractivity contribution in [3.8, 4) is 17.1 Å².